The summed E-state index contributed by atoms with van der Waals surface area (Å²) in [5.41, 5.74) is 1.31. The zero-order valence-electron chi connectivity index (χ0n) is 17.1. The minimum absolute atomic E-state index is 0.150. The molecule has 1 aliphatic carbocycles. The van der Waals surface area contributed by atoms with Crippen LogP contribution in [-0.4, -0.2) is 30.1 Å². The number of hydrogen-bond donors (Lipinski definition) is 1. The quantitative estimate of drug-likeness (QED) is 0.472. The van der Waals surface area contributed by atoms with Crippen LogP contribution in [0.1, 0.15) is 43.7 Å². The number of pyridine rings is 2. The average Bonchev–Trinajstić information content (AvgIpc) is 3.24. The second-order valence-electron chi connectivity index (χ2n) is 7.98. The molecular formula is C22H20ClFN6O2. The molecule has 0 unspecified atom stereocenters. The lowest BCUT2D eigenvalue weighted by Gasteiger charge is -2.18. The van der Waals surface area contributed by atoms with E-state index in [1.807, 2.05) is 6.07 Å². The summed E-state index contributed by atoms with van der Waals surface area (Å²) >= 11 is 6.11. The van der Waals surface area contributed by atoms with Gasteiger partial charge in [0.2, 0.25) is 5.91 Å². The van der Waals surface area contributed by atoms with Gasteiger partial charge in [-0.1, -0.05) is 30.9 Å². The highest BCUT2D eigenvalue weighted by molar-refractivity contribution is 6.29. The van der Waals surface area contributed by atoms with Crippen molar-refractivity contribution in [2.75, 3.05) is 5.32 Å². The minimum atomic E-state index is -0.496. The Morgan fingerprint density at radius 2 is 2.00 bits per heavy atom. The van der Waals surface area contributed by atoms with Gasteiger partial charge in [-0.25, -0.2) is 14.4 Å². The van der Waals surface area contributed by atoms with E-state index in [1.54, 1.807) is 10.6 Å². The molecule has 1 saturated carbocycles. The van der Waals surface area contributed by atoms with Crippen LogP contribution in [0.15, 0.2) is 41.3 Å². The van der Waals surface area contributed by atoms with Gasteiger partial charge >= 0.3 is 0 Å². The van der Waals surface area contributed by atoms with E-state index in [4.69, 9.17) is 11.6 Å². The van der Waals surface area contributed by atoms with Crippen molar-refractivity contribution in [1.82, 2.24) is 24.1 Å². The molecule has 0 radical (unpaired) electrons. The van der Waals surface area contributed by atoms with Gasteiger partial charge in [-0.3, -0.25) is 9.59 Å². The zero-order valence-corrected chi connectivity index (χ0v) is 17.8. The van der Waals surface area contributed by atoms with E-state index in [0.29, 0.717) is 16.7 Å². The first-order valence-electron chi connectivity index (χ1n) is 10.5. The molecule has 0 aliphatic heterocycles. The summed E-state index contributed by atoms with van der Waals surface area (Å²) in [5.74, 6) is -0.392. The Hall–Kier alpha value is -3.33. The fraction of sp³-hybridized carbons (Fsp3) is 0.318. The van der Waals surface area contributed by atoms with Crippen LogP contribution in [0.5, 0.6) is 0 Å². The van der Waals surface area contributed by atoms with Gasteiger partial charge in [-0.2, -0.15) is 9.61 Å². The highest BCUT2D eigenvalue weighted by atomic mass is 35.5. The Kier molecular flexibility index (Phi) is 5.34. The molecule has 4 aromatic heterocycles. The lowest BCUT2D eigenvalue weighted by atomic mass is 9.87. The smallest absolute Gasteiger partial charge is 0.283 e. The van der Waals surface area contributed by atoms with Crippen LogP contribution in [0.25, 0.3) is 16.7 Å². The number of fused-ring (bicyclic) bond motifs is 2. The summed E-state index contributed by atoms with van der Waals surface area (Å²) in [6, 6.07) is 7.58. The van der Waals surface area contributed by atoms with E-state index in [1.165, 1.54) is 29.1 Å². The number of halogens is 2. The van der Waals surface area contributed by atoms with E-state index in [0.717, 1.165) is 37.6 Å². The second kappa shape index (κ2) is 8.31. The summed E-state index contributed by atoms with van der Waals surface area (Å²) in [6.07, 6.45) is 6.55. The van der Waals surface area contributed by atoms with E-state index < -0.39 is 11.7 Å². The fourth-order valence-electron chi connectivity index (χ4n) is 4.28. The number of nitrogens with one attached hydrogen (secondary N) is 1. The summed E-state index contributed by atoms with van der Waals surface area (Å²) < 4.78 is 16.1. The van der Waals surface area contributed by atoms with Gasteiger partial charge < -0.3 is 9.88 Å². The van der Waals surface area contributed by atoms with Crippen LogP contribution in [0, 0.1) is 5.82 Å². The van der Waals surface area contributed by atoms with Crippen molar-refractivity contribution >= 4 is 40.0 Å². The number of amides is 1. The summed E-state index contributed by atoms with van der Waals surface area (Å²) in [6.45, 7) is -0.150. The molecule has 1 fully saturated rings. The number of anilines is 1. The van der Waals surface area contributed by atoms with Crippen LogP contribution in [0.3, 0.4) is 0 Å². The normalized spacial score (nSPS) is 14.8. The van der Waals surface area contributed by atoms with Crippen molar-refractivity contribution in [3.05, 3.63) is 63.5 Å². The van der Waals surface area contributed by atoms with Gasteiger partial charge in [0.25, 0.3) is 5.56 Å². The van der Waals surface area contributed by atoms with Crippen molar-refractivity contribution in [1.29, 1.82) is 0 Å². The van der Waals surface area contributed by atoms with Gasteiger partial charge in [0.15, 0.2) is 0 Å². The minimum Gasteiger partial charge on any atom is -0.309 e. The van der Waals surface area contributed by atoms with Crippen LogP contribution in [-0.2, 0) is 11.3 Å². The summed E-state index contributed by atoms with van der Waals surface area (Å²) in [4.78, 5) is 34.1. The highest BCUT2D eigenvalue weighted by Crippen LogP contribution is 2.32. The highest BCUT2D eigenvalue weighted by Gasteiger charge is 2.22. The van der Waals surface area contributed by atoms with Crippen molar-refractivity contribution in [2.45, 2.75) is 44.6 Å². The van der Waals surface area contributed by atoms with Gasteiger partial charge in [0.1, 0.15) is 34.6 Å². The third-order valence-electron chi connectivity index (χ3n) is 5.83. The molecule has 0 aromatic carbocycles. The standard InChI is InChI=1S/C22H20ClFN6O2/c23-17-8-7-15-21(26-17)29(12-19(31)27-18-9-6-14(24)11-25-18)20-10-16(28-30(20)22(15)32)13-4-2-1-3-5-13/h6-11,13H,1-5,12H2,(H,25,27,31). The molecule has 4 aromatic rings. The van der Waals surface area contributed by atoms with Crippen LogP contribution >= 0.6 is 11.6 Å². The molecule has 0 spiro atoms. The van der Waals surface area contributed by atoms with E-state index in [2.05, 4.69) is 20.4 Å². The first kappa shape index (κ1) is 20.6. The number of aromatic nitrogens is 5. The molecule has 1 amide bonds. The number of carbonyl (C=O) groups excluding carboxylic acids is 1. The summed E-state index contributed by atoms with van der Waals surface area (Å²) in [7, 11) is 0. The third-order valence-corrected chi connectivity index (χ3v) is 6.04. The molecule has 1 aliphatic rings. The first-order chi connectivity index (χ1) is 15.5. The Morgan fingerprint density at radius 3 is 2.75 bits per heavy atom. The van der Waals surface area contributed by atoms with Crippen molar-refractivity contribution in [2.24, 2.45) is 0 Å². The molecule has 32 heavy (non-hydrogen) atoms. The lowest BCUT2D eigenvalue weighted by molar-refractivity contribution is -0.116. The van der Waals surface area contributed by atoms with E-state index in [-0.39, 0.29) is 29.0 Å². The fourth-order valence-corrected chi connectivity index (χ4v) is 4.42. The Balaban J connectivity index is 1.60. The van der Waals surface area contributed by atoms with Crippen LogP contribution < -0.4 is 10.9 Å². The van der Waals surface area contributed by atoms with Crippen LogP contribution in [0.2, 0.25) is 5.15 Å². The number of rotatable bonds is 4. The molecule has 4 heterocycles. The van der Waals surface area contributed by atoms with Gasteiger partial charge in [0, 0.05) is 12.0 Å². The zero-order chi connectivity index (χ0) is 22.2. The number of hydrogen-bond acceptors (Lipinski definition) is 5. The molecule has 1 N–H and O–H groups in total. The largest absolute Gasteiger partial charge is 0.309 e. The SMILES string of the molecule is O=C(Cn1c2nc(Cl)ccc2c(=O)n2nc(C3CCCCC3)cc12)Nc1ccc(F)cn1. The van der Waals surface area contributed by atoms with Crippen LogP contribution in [0.4, 0.5) is 10.2 Å². The van der Waals surface area contributed by atoms with Gasteiger partial charge in [-0.05, 0) is 37.1 Å². The maximum Gasteiger partial charge on any atom is 0.283 e. The molecular weight excluding hydrogens is 435 g/mol. The Bertz CT molecular complexity index is 1380. The number of carbonyl (C=O) groups is 1. The maximum atomic E-state index is 13.1. The molecule has 8 nitrogen and oxygen atoms in total. The Morgan fingerprint density at radius 1 is 1.19 bits per heavy atom. The molecule has 0 bridgehead atoms. The summed E-state index contributed by atoms with van der Waals surface area (Å²) in [5, 5.41) is 7.77. The van der Waals surface area contributed by atoms with E-state index >= 15 is 0 Å². The number of nitrogens with zero attached hydrogens (tertiary/aromatic N) is 5. The van der Waals surface area contributed by atoms with Crippen molar-refractivity contribution in [3.63, 3.8) is 0 Å². The molecule has 0 atom stereocenters. The van der Waals surface area contributed by atoms with Gasteiger partial charge in [-0.15, -0.1) is 0 Å². The molecule has 0 saturated heterocycles. The monoisotopic (exact) mass is 454 g/mol. The van der Waals surface area contributed by atoms with Crippen molar-refractivity contribution < 1.29 is 9.18 Å². The second-order valence-corrected chi connectivity index (χ2v) is 8.37. The molecule has 164 valence electrons. The topological polar surface area (TPSA) is 94.2 Å². The third kappa shape index (κ3) is 3.84. The predicted octanol–water partition coefficient (Wildman–Crippen LogP) is 3.92. The first-order valence-corrected chi connectivity index (χ1v) is 10.9. The molecule has 10 heteroatoms. The van der Waals surface area contributed by atoms with E-state index in [9.17, 15) is 14.0 Å². The lowest BCUT2D eigenvalue weighted by Crippen LogP contribution is -2.25. The average molecular weight is 455 g/mol. The maximum absolute atomic E-state index is 13.1. The predicted molar refractivity (Wildman–Crippen MR) is 118 cm³/mol. The Labute approximate surface area is 187 Å². The molecule has 5 rings (SSSR count). The van der Waals surface area contributed by atoms with Crippen molar-refractivity contribution in [3.8, 4) is 0 Å². The van der Waals surface area contributed by atoms with Gasteiger partial charge in [0.05, 0.1) is 17.3 Å².